The molecule has 1 atom stereocenters. The summed E-state index contributed by atoms with van der Waals surface area (Å²) in [6.45, 7) is 11.2. The van der Waals surface area contributed by atoms with Crippen molar-refractivity contribution in [1.29, 1.82) is 0 Å². The minimum absolute atomic E-state index is 0.0339. The molecule has 1 fully saturated rings. The molecule has 0 bridgehead atoms. The molecule has 1 saturated heterocycles. The monoisotopic (exact) mass is 510 g/mol. The average Bonchev–Trinajstić information content (AvgIpc) is 3.05. The van der Waals surface area contributed by atoms with Gasteiger partial charge in [-0.25, -0.2) is 4.79 Å². The number of ether oxygens (including phenoxy) is 2. The summed E-state index contributed by atoms with van der Waals surface area (Å²) in [7, 11) is 0. The summed E-state index contributed by atoms with van der Waals surface area (Å²) in [5.41, 5.74) is 0. The molecule has 0 radical (unpaired) electrons. The highest BCUT2D eigenvalue weighted by molar-refractivity contribution is 6.35. The number of halogens is 2. The maximum atomic E-state index is 12.4. The third-order valence-electron chi connectivity index (χ3n) is 4.83. The zero-order valence-electron chi connectivity index (χ0n) is 20.3. The summed E-state index contributed by atoms with van der Waals surface area (Å²) in [4.78, 5) is 25.9. The van der Waals surface area contributed by atoms with Gasteiger partial charge in [-0.05, 0) is 63.3 Å². The Morgan fingerprint density at radius 1 is 1.15 bits per heavy atom. The standard InChI is InChI=1S/C20H24Cl2N2O4.C6H12/c1-3-16(28-18-8-7-14(21)12-17(18)22)13-19(25)23-15-6-5-10-24(11-9-15)20(26)27-4-2;1-3-5-6-4-2/h3,7-8,12-13,15H,1,4-6,9-11H2,2H3,(H,23,25);5-6H,3-4H2,1-2H3/b16-13-;6-5-. The highest BCUT2D eigenvalue weighted by Gasteiger charge is 2.22. The predicted molar refractivity (Wildman–Crippen MR) is 139 cm³/mol. The lowest BCUT2D eigenvalue weighted by molar-refractivity contribution is -0.117. The van der Waals surface area contributed by atoms with Crippen LogP contribution in [0.25, 0.3) is 0 Å². The van der Waals surface area contributed by atoms with E-state index in [1.165, 1.54) is 25.0 Å². The Hall–Kier alpha value is -2.44. The van der Waals surface area contributed by atoms with E-state index in [0.29, 0.717) is 41.9 Å². The van der Waals surface area contributed by atoms with Crippen molar-refractivity contribution in [3.8, 4) is 5.75 Å². The van der Waals surface area contributed by atoms with Gasteiger partial charge in [-0.2, -0.15) is 0 Å². The summed E-state index contributed by atoms with van der Waals surface area (Å²) in [5.74, 6) is 0.350. The van der Waals surface area contributed by atoms with Gasteiger partial charge < -0.3 is 19.7 Å². The minimum atomic E-state index is -0.309. The first-order valence-corrected chi connectivity index (χ1v) is 12.4. The molecular formula is C26H36Cl2N2O4. The predicted octanol–water partition coefficient (Wildman–Crippen LogP) is 6.93. The number of likely N-dealkylation sites (tertiary alicyclic amines) is 1. The Kier molecular flexibility index (Phi) is 14.9. The number of amides is 2. The Morgan fingerprint density at radius 3 is 2.44 bits per heavy atom. The number of benzene rings is 1. The van der Waals surface area contributed by atoms with E-state index in [9.17, 15) is 9.59 Å². The molecule has 2 rings (SSSR count). The maximum Gasteiger partial charge on any atom is 0.409 e. The zero-order chi connectivity index (χ0) is 25.3. The SMILES string of the molecule is C=C/C(=C/C(=O)NC1CCCN(C(=O)OCC)CC1)Oc1ccc(Cl)cc1Cl.CC/C=C\CC. The molecule has 1 N–H and O–H groups in total. The second-order valence-electron chi connectivity index (χ2n) is 7.54. The molecule has 2 amide bonds. The Labute approximate surface area is 213 Å². The van der Waals surface area contributed by atoms with Gasteiger partial charge >= 0.3 is 6.09 Å². The average molecular weight is 511 g/mol. The van der Waals surface area contributed by atoms with Crippen LogP contribution >= 0.6 is 23.2 Å². The van der Waals surface area contributed by atoms with Crippen LogP contribution in [0, 0.1) is 0 Å². The third kappa shape index (κ3) is 11.6. The van der Waals surface area contributed by atoms with Crippen molar-refractivity contribution in [2.75, 3.05) is 19.7 Å². The van der Waals surface area contributed by atoms with Crippen LogP contribution in [0.3, 0.4) is 0 Å². The summed E-state index contributed by atoms with van der Waals surface area (Å²) in [6, 6.07) is 4.79. The van der Waals surface area contributed by atoms with Crippen molar-refractivity contribution in [2.24, 2.45) is 0 Å². The summed E-state index contributed by atoms with van der Waals surface area (Å²) in [5, 5.41) is 3.78. The van der Waals surface area contributed by atoms with Crippen LogP contribution in [0.2, 0.25) is 10.0 Å². The summed E-state index contributed by atoms with van der Waals surface area (Å²) in [6.07, 6.45) is 11.4. The molecule has 6 nitrogen and oxygen atoms in total. The Bertz CT molecular complexity index is 849. The highest BCUT2D eigenvalue weighted by Crippen LogP contribution is 2.29. The first-order valence-electron chi connectivity index (χ1n) is 11.7. The van der Waals surface area contributed by atoms with Gasteiger partial charge in [0.25, 0.3) is 0 Å². The lowest BCUT2D eigenvalue weighted by Crippen LogP contribution is -2.36. The topological polar surface area (TPSA) is 67.9 Å². The van der Waals surface area contributed by atoms with Crippen molar-refractivity contribution in [3.05, 3.63) is 64.9 Å². The second-order valence-corrected chi connectivity index (χ2v) is 8.38. The van der Waals surface area contributed by atoms with Gasteiger partial charge in [0.1, 0.15) is 11.5 Å². The van der Waals surface area contributed by atoms with Gasteiger partial charge in [-0.3, -0.25) is 4.79 Å². The number of nitrogens with zero attached hydrogens (tertiary/aromatic N) is 1. The molecule has 0 aliphatic carbocycles. The fourth-order valence-electron chi connectivity index (χ4n) is 3.16. The first kappa shape index (κ1) is 29.6. The molecule has 1 aliphatic rings. The minimum Gasteiger partial charge on any atom is -0.456 e. The molecule has 0 spiro atoms. The second kappa shape index (κ2) is 17.1. The van der Waals surface area contributed by atoms with E-state index >= 15 is 0 Å². The van der Waals surface area contributed by atoms with Crippen LogP contribution < -0.4 is 10.1 Å². The number of rotatable bonds is 8. The van der Waals surface area contributed by atoms with Crippen molar-refractivity contribution in [3.63, 3.8) is 0 Å². The molecule has 8 heteroatoms. The number of carbonyl (C=O) groups is 2. The lowest BCUT2D eigenvalue weighted by Gasteiger charge is -2.19. The van der Waals surface area contributed by atoms with E-state index in [-0.39, 0.29) is 23.8 Å². The van der Waals surface area contributed by atoms with Gasteiger partial charge in [0.2, 0.25) is 5.91 Å². The van der Waals surface area contributed by atoms with Crippen molar-refractivity contribution < 1.29 is 19.1 Å². The van der Waals surface area contributed by atoms with Gasteiger partial charge in [0.15, 0.2) is 0 Å². The fraction of sp³-hybridized carbons (Fsp3) is 0.462. The molecule has 1 aliphatic heterocycles. The van der Waals surface area contributed by atoms with Crippen molar-refractivity contribution in [1.82, 2.24) is 10.2 Å². The quantitative estimate of drug-likeness (QED) is 0.178. The first-order chi connectivity index (χ1) is 16.3. The number of hydrogen-bond acceptors (Lipinski definition) is 4. The molecule has 0 saturated carbocycles. The van der Waals surface area contributed by atoms with E-state index in [1.807, 2.05) is 0 Å². The van der Waals surface area contributed by atoms with Crippen molar-refractivity contribution in [2.45, 2.75) is 58.9 Å². The lowest BCUT2D eigenvalue weighted by atomic mass is 10.1. The molecule has 1 aromatic carbocycles. The largest absolute Gasteiger partial charge is 0.456 e. The van der Waals surface area contributed by atoms with Crippen LogP contribution in [0.15, 0.2) is 54.8 Å². The van der Waals surface area contributed by atoms with E-state index in [1.54, 1.807) is 30.0 Å². The van der Waals surface area contributed by atoms with Gasteiger partial charge in [-0.15, -0.1) is 0 Å². The Balaban J connectivity index is 0.000000852. The van der Waals surface area contributed by atoms with E-state index in [2.05, 4.69) is 37.9 Å². The summed E-state index contributed by atoms with van der Waals surface area (Å²) >= 11 is 12.0. The molecule has 1 aromatic rings. The van der Waals surface area contributed by atoms with E-state index in [4.69, 9.17) is 32.7 Å². The van der Waals surface area contributed by atoms with Crippen LogP contribution in [0.5, 0.6) is 5.75 Å². The molecular weight excluding hydrogens is 475 g/mol. The smallest absolute Gasteiger partial charge is 0.409 e. The van der Waals surface area contributed by atoms with Crippen LogP contribution in [-0.2, 0) is 9.53 Å². The van der Waals surface area contributed by atoms with Crippen molar-refractivity contribution >= 4 is 35.2 Å². The number of hydrogen-bond donors (Lipinski definition) is 1. The normalized spacial score (nSPS) is 16.2. The molecule has 1 unspecified atom stereocenters. The van der Waals surface area contributed by atoms with Crippen LogP contribution in [-0.4, -0.2) is 42.6 Å². The number of carbonyl (C=O) groups excluding carboxylic acids is 2. The molecule has 34 heavy (non-hydrogen) atoms. The summed E-state index contributed by atoms with van der Waals surface area (Å²) < 4.78 is 10.7. The molecule has 0 aromatic heterocycles. The van der Waals surface area contributed by atoms with Gasteiger partial charge in [0.05, 0.1) is 11.6 Å². The maximum absolute atomic E-state index is 12.4. The molecule has 1 heterocycles. The fourth-order valence-corrected chi connectivity index (χ4v) is 3.61. The van der Waals surface area contributed by atoms with Crippen LogP contribution in [0.1, 0.15) is 52.9 Å². The highest BCUT2D eigenvalue weighted by atomic mass is 35.5. The number of nitrogens with one attached hydrogen (secondary N) is 1. The Morgan fingerprint density at radius 2 is 1.85 bits per heavy atom. The van der Waals surface area contributed by atoms with Crippen LogP contribution in [0.4, 0.5) is 4.79 Å². The van der Waals surface area contributed by atoms with E-state index in [0.717, 1.165) is 12.8 Å². The van der Waals surface area contributed by atoms with E-state index < -0.39 is 0 Å². The number of allylic oxidation sites excluding steroid dienone is 3. The van der Waals surface area contributed by atoms with Gasteiger partial charge in [-0.1, -0.05) is 55.8 Å². The third-order valence-corrected chi connectivity index (χ3v) is 5.37. The van der Waals surface area contributed by atoms with Gasteiger partial charge in [0, 0.05) is 30.2 Å². The molecule has 188 valence electrons. The zero-order valence-corrected chi connectivity index (χ0v) is 21.8.